The molecule has 120 valence electrons. The summed E-state index contributed by atoms with van der Waals surface area (Å²) in [5.74, 6) is 0. The first-order valence-electron chi connectivity index (χ1n) is 8.14. The van der Waals surface area contributed by atoms with E-state index in [-0.39, 0.29) is 16.5 Å². The van der Waals surface area contributed by atoms with Gasteiger partial charge in [0, 0.05) is 36.2 Å². The van der Waals surface area contributed by atoms with E-state index in [1.54, 1.807) is 0 Å². The van der Waals surface area contributed by atoms with Gasteiger partial charge >= 0.3 is 0 Å². The molecule has 3 nitrogen and oxygen atoms in total. The van der Waals surface area contributed by atoms with Gasteiger partial charge in [-0.15, -0.1) is 0 Å². The molecular weight excluding hydrogens is 248 g/mol. The van der Waals surface area contributed by atoms with E-state index in [9.17, 15) is 0 Å². The molecule has 1 fully saturated rings. The predicted octanol–water partition coefficient (Wildman–Crippen LogP) is 3.29. The van der Waals surface area contributed by atoms with Crippen LogP contribution in [0.15, 0.2) is 0 Å². The molecule has 0 aromatic rings. The third-order valence-corrected chi connectivity index (χ3v) is 4.87. The number of hydrogen-bond donors (Lipinski definition) is 1. The van der Waals surface area contributed by atoms with Crippen molar-refractivity contribution in [2.24, 2.45) is 5.41 Å². The largest absolute Gasteiger partial charge is 0.381 e. The van der Waals surface area contributed by atoms with Gasteiger partial charge in [-0.1, -0.05) is 6.92 Å². The van der Waals surface area contributed by atoms with E-state index in [4.69, 9.17) is 4.74 Å². The Hall–Kier alpha value is -0.120. The molecule has 1 aliphatic heterocycles. The molecule has 0 aromatic heterocycles. The highest BCUT2D eigenvalue weighted by atomic mass is 16.5. The molecule has 0 bridgehead atoms. The standard InChI is InChI=1S/C17H36N2O/c1-8-16(5,6)19(7)13-17(10-9-11-20-14-17)12-18-15(2,3)4/h18H,8-14H2,1-7H3. The molecule has 1 unspecified atom stereocenters. The summed E-state index contributed by atoms with van der Waals surface area (Å²) in [4.78, 5) is 2.52. The second-order valence-electron chi connectivity index (χ2n) is 8.28. The average Bonchev–Trinajstić information content (AvgIpc) is 2.37. The minimum atomic E-state index is 0.170. The molecule has 1 N–H and O–H groups in total. The lowest BCUT2D eigenvalue weighted by atomic mass is 9.80. The van der Waals surface area contributed by atoms with Crippen LogP contribution in [0.25, 0.3) is 0 Å². The van der Waals surface area contributed by atoms with E-state index < -0.39 is 0 Å². The van der Waals surface area contributed by atoms with Gasteiger partial charge in [0.25, 0.3) is 0 Å². The summed E-state index contributed by atoms with van der Waals surface area (Å²) in [6.45, 7) is 17.6. The van der Waals surface area contributed by atoms with Crippen LogP contribution in [0, 0.1) is 5.41 Å². The fraction of sp³-hybridized carbons (Fsp3) is 1.00. The SMILES string of the molecule is CCC(C)(C)N(C)CC1(CNC(C)(C)C)CCCOC1. The maximum atomic E-state index is 5.83. The van der Waals surface area contributed by atoms with Crippen molar-refractivity contribution in [2.75, 3.05) is 33.4 Å². The van der Waals surface area contributed by atoms with Gasteiger partial charge in [-0.25, -0.2) is 0 Å². The second kappa shape index (κ2) is 6.76. The van der Waals surface area contributed by atoms with Crippen molar-refractivity contribution >= 4 is 0 Å². The third-order valence-electron chi connectivity index (χ3n) is 4.87. The maximum absolute atomic E-state index is 5.83. The Labute approximate surface area is 126 Å². The van der Waals surface area contributed by atoms with Crippen LogP contribution in [-0.2, 0) is 4.74 Å². The van der Waals surface area contributed by atoms with Crippen LogP contribution >= 0.6 is 0 Å². The third kappa shape index (κ3) is 5.34. The molecule has 1 rings (SSSR count). The summed E-state index contributed by atoms with van der Waals surface area (Å²) in [7, 11) is 2.26. The average molecular weight is 284 g/mol. The normalized spacial score (nSPS) is 25.2. The Morgan fingerprint density at radius 2 is 1.85 bits per heavy atom. The monoisotopic (exact) mass is 284 g/mol. The molecular formula is C17H36N2O. The van der Waals surface area contributed by atoms with Crippen molar-refractivity contribution in [1.29, 1.82) is 0 Å². The van der Waals surface area contributed by atoms with E-state index in [2.05, 4.69) is 58.8 Å². The summed E-state index contributed by atoms with van der Waals surface area (Å²) in [5.41, 5.74) is 0.683. The first kappa shape index (κ1) is 17.9. The first-order chi connectivity index (χ1) is 9.10. The molecule has 1 saturated heterocycles. The lowest BCUT2D eigenvalue weighted by Crippen LogP contribution is -2.55. The van der Waals surface area contributed by atoms with E-state index in [1.165, 1.54) is 19.3 Å². The Bertz CT molecular complexity index is 288. The Kier molecular flexibility index (Phi) is 6.06. The minimum Gasteiger partial charge on any atom is -0.381 e. The van der Waals surface area contributed by atoms with Crippen LogP contribution in [0.4, 0.5) is 0 Å². The fourth-order valence-electron chi connectivity index (χ4n) is 2.67. The van der Waals surface area contributed by atoms with E-state index in [1.807, 2.05) is 0 Å². The molecule has 3 heteroatoms. The van der Waals surface area contributed by atoms with Crippen LogP contribution < -0.4 is 5.32 Å². The van der Waals surface area contributed by atoms with E-state index in [0.717, 1.165) is 26.3 Å². The highest BCUT2D eigenvalue weighted by Crippen LogP contribution is 2.32. The number of nitrogens with one attached hydrogen (secondary N) is 1. The molecule has 0 spiro atoms. The lowest BCUT2D eigenvalue weighted by molar-refractivity contribution is -0.0395. The molecule has 20 heavy (non-hydrogen) atoms. The highest BCUT2D eigenvalue weighted by molar-refractivity contribution is 4.91. The zero-order chi connectivity index (χ0) is 15.4. The molecule has 0 amide bonds. The van der Waals surface area contributed by atoms with Crippen LogP contribution in [0.2, 0.25) is 0 Å². The van der Waals surface area contributed by atoms with Crippen molar-refractivity contribution in [1.82, 2.24) is 10.2 Å². The summed E-state index contributed by atoms with van der Waals surface area (Å²) < 4.78 is 5.83. The topological polar surface area (TPSA) is 24.5 Å². The van der Waals surface area contributed by atoms with E-state index >= 15 is 0 Å². The van der Waals surface area contributed by atoms with Gasteiger partial charge < -0.3 is 15.0 Å². The van der Waals surface area contributed by atoms with Gasteiger partial charge in [0.1, 0.15) is 0 Å². The van der Waals surface area contributed by atoms with Gasteiger partial charge in [0.2, 0.25) is 0 Å². The summed E-state index contributed by atoms with van der Waals surface area (Å²) in [5, 5.41) is 3.70. The van der Waals surface area contributed by atoms with Crippen molar-refractivity contribution in [3.8, 4) is 0 Å². The van der Waals surface area contributed by atoms with Gasteiger partial charge in [0.15, 0.2) is 0 Å². The molecule has 0 saturated carbocycles. The summed E-state index contributed by atoms with van der Waals surface area (Å²) in [6.07, 6.45) is 3.62. The molecule has 0 aliphatic carbocycles. The van der Waals surface area contributed by atoms with Gasteiger partial charge in [-0.3, -0.25) is 0 Å². The first-order valence-corrected chi connectivity index (χ1v) is 8.14. The zero-order valence-corrected chi connectivity index (χ0v) is 14.8. The van der Waals surface area contributed by atoms with Gasteiger partial charge in [-0.05, 0) is 60.9 Å². The molecule has 1 heterocycles. The number of ether oxygens (including phenoxy) is 1. The number of nitrogens with zero attached hydrogens (tertiary/aromatic N) is 1. The Balaban J connectivity index is 2.73. The Morgan fingerprint density at radius 1 is 1.20 bits per heavy atom. The molecule has 0 aromatic carbocycles. The zero-order valence-electron chi connectivity index (χ0n) is 14.8. The number of rotatable bonds is 6. The minimum absolute atomic E-state index is 0.170. The second-order valence-corrected chi connectivity index (χ2v) is 8.28. The van der Waals surface area contributed by atoms with Crippen LogP contribution in [-0.4, -0.2) is 49.3 Å². The van der Waals surface area contributed by atoms with Crippen LogP contribution in [0.3, 0.4) is 0 Å². The van der Waals surface area contributed by atoms with Crippen molar-refractivity contribution in [3.63, 3.8) is 0 Å². The Morgan fingerprint density at radius 3 is 2.30 bits per heavy atom. The summed E-state index contributed by atoms with van der Waals surface area (Å²) >= 11 is 0. The summed E-state index contributed by atoms with van der Waals surface area (Å²) in [6, 6.07) is 0. The maximum Gasteiger partial charge on any atom is 0.0546 e. The molecule has 1 atom stereocenters. The highest BCUT2D eigenvalue weighted by Gasteiger charge is 2.37. The lowest BCUT2D eigenvalue weighted by Gasteiger charge is -2.46. The van der Waals surface area contributed by atoms with Crippen LogP contribution in [0.1, 0.15) is 60.8 Å². The van der Waals surface area contributed by atoms with Crippen molar-refractivity contribution in [2.45, 2.75) is 71.9 Å². The number of hydrogen-bond acceptors (Lipinski definition) is 3. The van der Waals surface area contributed by atoms with Gasteiger partial charge in [0.05, 0.1) is 6.61 Å². The quantitative estimate of drug-likeness (QED) is 0.810. The van der Waals surface area contributed by atoms with Gasteiger partial charge in [-0.2, -0.15) is 0 Å². The van der Waals surface area contributed by atoms with Crippen molar-refractivity contribution < 1.29 is 4.74 Å². The van der Waals surface area contributed by atoms with Crippen molar-refractivity contribution in [3.05, 3.63) is 0 Å². The van der Waals surface area contributed by atoms with Crippen LogP contribution in [0.5, 0.6) is 0 Å². The predicted molar refractivity (Wildman–Crippen MR) is 87.2 cm³/mol. The smallest absolute Gasteiger partial charge is 0.0546 e. The molecule has 1 aliphatic rings. The fourth-order valence-corrected chi connectivity index (χ4v) is 2.67. The molecule has 0 radical (unpaired) electrons. The van der Waals surface area contributed by atoms with E-state index in [0.29, 0.717) is 0 Å².